The monoisotopic (exact) mass is 317 g/mol. The predicted octanol–water partition coefficient (Wildman–Crippen LogP) is 3.49. The molecule has 0 aliphatic heterocycles. The largest absolute Gasteiger partial charge is 0.497 e. The summed E-state index contributed by atoms with van der Waals surface area (Å²) in [7, 11) is 2.89. The molecule has 1 heterocycles. The molecule has 3 rings (SSSR count). The Balaban J connectivity index is 2.37. The van der Waals surface area contributed by atoms with Crippen molar-refractivity contribution in [1.82, 2.24) is 4.98 Å². The zero-order valence-corrected chi connectivity index (χ0v) is 12.4. The highest BCUT2D eigenvalue weighted by Gasteiger charge is 2.18. The molecular weight excluding hydrogens is 304 g/mol. The van der Waals surface area contributed by atoms with Gasteiger partial charge in [-0.15, -0.1) is 0 Å². The van der Waals surface area contributed by atoms with Crippen LogP contribution in [-0.4, -0.2) is 19.2 Å². The number of nitrogens with one attached hydrogen (secondary N) is 1. The molecule has 23 heavy (non-hydrogen) atoms. The second-order valence-corrected chi connectivity index (χ2v) is 4.91. The smallest absolute Gasteiger partial charge is 0.259 e. The standard InChI is InChI=1S/C17H13F2NO3/c1-22-10-6-9(7-11(8-10)23-2)14-16(19)15-12(18)4-3-5-13(15)20-17(14)21/h3-8H,1-2H3,(H,20,21). The summed E-state index contributed by atoms with van der Waals surface area (Å²) < 4.78 is 39.0. The number of halogens is 2. The van der Waals surface area contributed by atoms with Crippen molar-refractivity contribution < 1.29 is 18.3 Å². The minimum absolute atomic E-state index is 0.103. The lowest BCUT2D eigenvalue weighted by Gasteiger charge is -2.10. The van der Waals surface area contributed by atoms with Gasteiger partial charge in [0.05, 0.1) is 30.7 Å². The maximum absolute atomic E-state index is 14.8. The van der Waals surface area contributed by atoms with E-state index in [0.29, 0.717) is 11.5 Å². The average molecular weight is 317 g/mol. The van der Waals surface area contributed by atoms with Gasteiger partial charge in [-0.1, -0.05) is 6.07 Å². The van der Waals surface area contributed by atoms with E-state index in [1.165, 1.54) is 38.5 Å². The van der Waals surface area contributed by atoms with Gasteiger partial charge in [0.15, 0.2) is 0 Å². The van der Waals surface area contributed by atoms with Crippen LogP contribution in [0, 0.1) is 11.6 Å². The van der Waals surface area contributed by atoms with Crippen LogP contribution in [0.4, 0.5) is 8.78 Å². The van der Waals surface area contributed by atoms with Crippen LogP contribution >= 0.6 is 0 Å². The second-order valence-electron chi connectivity index (χ2n) is 4.91. The van der Waals surface area contributed by atoms with Crippen molar-refractivity contribution in [2.45, 2.75) is 0 Å². The Hall–Kier alpha value is -2.89. The molecule has 4 nitrogen and oxygen atoms in total. The first-order valence-electron chi connectivity index (χ1n) is 6.78. The van der Waals surface area contributed by atoms with Gasteiger partial charge in [0.25, 0.3) is 5.56 Å². The summed E-state index contributed by atoms with van der Waals surface area (Å²) in [6, 6.07) is 8.56. The van der Waals surface area contributed by atoms with Crippen molar-refractivity contribution in [2.24, 2.45) is 0 Å². The summed E-state index contributed by atoms with van der Waals surface area (Å²) >= 11 is 0. The molecule has 0 saturated carbocycles. The highest BCUT2D eigenvalue weighted by molar-refractivity contribution is 5.85. The van der Waals surface area contributed by atoms with E-state index in [1.54, 1.807) is 6.07 Å². The number of aromatic nitrogens is 1. The Kier molecular flexibility index (Phi) is 3.73. The molecule has 6 heteroatoms. The van der Waals surface area contributed by atoms with Gasteiger partial charge in [-0.3, -0.25) is 4.79 Å². The van der Waals surface area contributed by atoms with Crippen LogP contribution in [0.25, 0.3) is 22.0 Å². The molecule has 0 fully saturated rings. The molecule has 1 N–H and O–H groups in total. The van der Waals surface area contributed by atoms with Crippen molar-refractivity contribution >= 4 is 10.9 Å². The van der Waals surface area contributed by atoms with Gasteiger partial charge < -0.3 is 14.5 Å². The number of hydrogen-bond donors (Lipinski definition) is 1. The fraction of sp³-hybridized carbons (Fsp3) is 0.118. The molecule has 0 radical (unpaired) electrons. The van der Waals surface area contributed by atoms with Gasteiger partial charge in [-0.25, -0.2) is 8.78 Å². The summed E-state index contributed by atoms with van der Waals surface area (Å²) in [6.45, 7) is 0. The maximum atomic E-state index is 14.8. The van der Waals surface area contributed by atoms with E-state index >= 15 is 0 Å². The van der Waals surface area contributed by atoms with Crippen LogP contribution in [0.1, 0.15) is 0 Å². The van der Waals surface area contributed by atoms with Crippen LogP contribution in [0.5, 0.6) is 11.5 Å². The number of aromatic amines is 1. The van der Waals surface area contributed by atoms with E-state index in [1.807, 2.05) is 0 Å². The Labute approximate surface area is 130 Å². The van der Waals surface area contributed by atoms with E-state index in [0.717, 1.165) is 6.07 Å². The summed E-state index contributed by atoms with van der Waals surface area (Å²) in [4.78, 5) is 14.8. The van der Waals surface area contributed by atoms with Gasteiger partial charge in [0.2, 0.25) is 0 Å². The molecule has 0 atom stereocenters. The molecule has 3 aromatic rings. The molecule has 0 bridgehead atoms. The fourth-order valence-electron chi connectivity index (χ4n) is 2.47. The first-order valence-corrected chi connectivity index (χ1v) is 6.78. The molecule has 1 aromatic heterocycles. The number of H-pyrrole nitrogens is 1. The normalized spacial score (nSPS) is 10.8. The molecule has 0 aliphatic rings. The minimum Gasteiger partial charge on any atom is -0.497 e. The minimum atomic E-state index is -0.919. The summed E-state index contributed by atoms with van der Waals surface area (Å²) in [5.74, 6) is -0.872. The highest BCUT2D eigenvalue weighted by Crippen LogP contribution is 2.31. The molecule has 2 aromatic carbocycles. The molecule has 0 unspecified atom stereocenters. The molecule has 0 spiro atoms. The lowest BCUT2D eigenvalue weighted by molar-refractivity contribution is 0.394. The Morgan fingerprint density at radius 3 is 2.26 bits per heavy atom. The summed E-state index contributed by atoms with van der Waals surface area (Å²) in [5.41, 5.74) is -0.577. The third-order valence-electron chi connectivity index (χ3n) is 3.57. The van der Waals surface area contributed by atoms with Gasteiger partial charge in [0.1, 0.15) is 23.1 Å². The number of fused-ring (bicyclic) bond motifs is 1. The van der Waals surface area contributed by atoms with E-state index in [-0.39, 0.29) is 22.0 Å². The number of hydrogen-bond acceptors (Lipinski definition) is 3. The predicted molar refractivity (Wildman–Crippen MR) is 83.0 cm³/mol. The van der Waals surface area contributed by atoms with E-state index in [9.17, 15) is 13.6 Å². The lowest BCUT2D eigenvalue weighted by atomic mass is 10.0. The quantitative estimate of drug-likeness (QED) is 0.804. The zero-order chi connectivity index (χ0) is 16.6. The Bertz CT molecular complexity index is 928. The second kappa shape index (κ2) is 5.72. The summed E-state index contributed by atoms with van der Waals surface area (Å²) in [6.07, 6.45) is 0. The van der Waals surface area contributed by atoms with Crippen molar-refractivity contribution in [2.75, 3.05) is 14.2 Å². The van der Waals surface area contributed by atoms with Gasteiger partial charge in [-0.2, -0.15) is 0 Å². The Morgan fingerprint density at radius 1 is 1.00 bits per heavy atom. The number of pyridine rings is 1. The van der Waals surface area contributed by atoms with E-state index < -0.39 is 17.2 Å². The van der Waals surface area contributed by atoms with Gasteiger partial charge in [-0.05, 0) is 29.8 Å². The molecule has 0 amide bonds. The fourth-order valence-corrected chi connectivity index (χ4v) is 2.47. The SMILES string of the molecule is COc1cc(OC)cc(-c2c(F)c3c(F)cccc3[nH]c2=O)c1. The van der Waals surface area contributed by atoms with Crippen molar-refractivity contribution in [1.29, 1.82) is 0 Å². The maximum Gasteiger partial charge on any atom is 0.259 e. The zero-order valence-electron chi connectivity index (χ0n) is 12.4. The number of rotatable bonds is 3. The average Bonchev–Trinajstić information content (AvgIpc) is 2.54. The topological polar surface area (TPSA) is 51.3 Å². The van der Waals surface area contributed by atoms with Crippen LogP contribution < -0.4 is 15.0 Å². The van der Waals surface area contributed by atoms with Crippen molar-refractivity contribution in [3.05, 3.63) is 58.4 Å². The van der Waals surface area contributed by atoms with Crippen molar-refractivity contribution in [3.63, 3.8) is 0 Å². The highest BCUT2D eigenvalue weighted by atomic mass is 19.1. The summed E-state index contributed by atoms with van der Waals surface area (Å²) in [5, 5.41) is -0.260. The number of ether oxygens (including phenoxy) is 2. The van der Waals surface area contributed by atoms with Crippen LogP contribution in [-0.2, 0) is 0 Å². The number of benzene rings is 2. The number of methoxy groups -OCH3 is 2. The lowest BCUT2D eigenvalue weighted by Crippen LogP contribution is -2.12. The molecule has 0 aliphatic carbocycles. The van der Waals surface area contributed by atoms with Gasteiger partial charge >= 0.3 is 0 Å². The molecular formula is C17H13F2NO3. The van der Waals surface area contributed by atoms with Crippen LogP contribution in [0.15, 0.2) is 41.2 Å². The van der Waals surface area contributed by atoms with E-state index in [4.69, 9.17) is 9.47 Å². The first kappa shape index (κ1) is 15.0. The van der Waals surface area contributed by atoms with E-state index in [2.05, 4.69) is 4.98 Å². The third kappa shape index (κ3) is 2.52. The van der Waals surface area contributed by atoms with Crippen LogP contribution in [0.3, 0.4) is 0 Å². The van der Waals surface area contributed by atoms with Gasteiger partial charge in [0, 0.05) is 6.07 Å². The molecule has 0 saturated heterocycles. The first-order chi connectivity index (χ1) is 11.0. The Morgan fingerprint density at radius 2 is 1.65 bits per heavy atom. The third-order valence-corrected chi connectivity index (χ3v) is 3.57. The van der Waals surface area contributed by atoms with Crippen LogP contribution in [0.2, 0.25) is 0 Å². The van der Waals surface area contributed by atoms with Crippen molar-refractivity contribution in [3.8, 4) is 22.6 Å². The molecule has 118 valence electrons.